The van der Waals surface area contributed by atoms with E-state index in [0.29, 0.717) is 18.8 Å². The molecule has 1 atom stereocenters. The molecule has 0 bridgehead atoms. The molecule has 104 valence electrons. The quantitative estimate of drug-likeness (QED) is 0.535. The van der Waals surface area contributed by atoms with Gasteiger partial charge in [-0.3, -0.25) is 9.59 Å². The normalized spacial score (nSPS) is 11.9. The summed E-state index contributed by atoms with van der Waals surface area (Å²) in [4.78, 5) is 23.5. The van der Waals surface area contributed by atoms with E-state index in [1.807, 2.05) is 6.92 Å². The highest BCUT2D eigenvalue weighted by Crippen LogP contribution is 2.21. The zero-order valence-electron chi connectivity index (χ0n) is 11.3. The number of para-hydroxylation sites is 1. The van der Waals surface area contributed by atoms with Crippen LogP contribution in [-0.4, -0.2) is 24.3 Å². The molecule has 4 heteroatoms. The van der Waals surface area contributed by atoms with Crippen LogP contribution in [0.25, 0.3) is 0 Å². The number of carbonyl (C=O) groups is 2. The highest BCUT2D eigenvalue weighted by molar-refractivity contribution is 6.14. The number of benzene rings is 1. The molecule has 0 N–H and O–H groups in total. The van der Waals surface area contributed by atoms with Crippen LogP contribution in [0.2, 0.25) is 0 Å². The monoisotopic (exact) mass is 266 g/mol. The predicted molar refractivity (Wildman–Crippen MR) is 71.4 cm³/mol. The Bertz CT molecular complexity index is 443. The second-order valence-electron chi connectivity index (χ2n) is 4.23. The molecule has 0 heterocycles. The van der Waals surface area contributed by atoms with Gasteiger partial charge in [0.2, 0.25) is 12.0 Å². The lowest BCUT2D eigenvalue weighted by molar-refractivity contribution is -0.122. The number of ketones is 2. The third-order valence-corrected chi connectivity index (χ3v) is 2.74. The number of carbonyl (C=O) groups excluding carboxylic acids is 2. The van der Waals surface area contributed by atoms with Gasteiger partial charge in [-0.05, 0) is 25.5 Å². The summed E-state index contributed by atoms with van der Waals surface area (Å²) in [6.07, 6.45) is -0.602. The van der Waals surface area contributed by atoms with Crippen molar-refractivity contribution in [1.29, 1.82) is 0 Å². The van der Waals surface area contributed by atoms with Gasteiger partial charge < -0.3 is 4.74 Å². The minimum Gasteiger partial charge on any atom is -0.493 e. The fourth-order valence-corrected chi connectivity index (χ4v) is 1.71. The average molecular weight is 266 g/mol. The summed E-state index contributed by atoms with van der Waals surface area (Å²) in [7, 11) is 0. The predicted octanol–water partition coefficient (Wildman–Crippen LogP) is 3.37. The van der Waals surface area contributed by atoms with Gasteiger partial charge in [-0.15, -0.1) is 0 Å². The first kappa shape index (κ1) is 15.3. The van der Waals surface area contributed by atoms with Crippen LogP contribution in [0.3, 0.4) is 0 Å². The van der Waals surface area contributed by atoms with E-state index in [9.17, 15) is 14.0 Å². The van der Waals surface area contributed by atoms with Crippen molar-refractivity contribution >= 4 is 11.6 Å². The fraction of sp³-hybridized carbons (Fsp3) is 0.467. The summed E-state index contributed by atoms with van der Waals surface area (Å²) in [5.74, 6) is -1.15. The molecule has 0 radical (unpaired) electrons. The van der Waals surface area contributed by atoms with Crippen LogP contribution in [0.5, 0.6) is 5.75 Å². The summed E-state index contributed by atoms with van der Waals surface area (Å²) >= 11 is 0. The van der Waals surface area contributed by atoms with Gasteiger partial charge in [0.05, 0.1) is 12.2 Å². The zero-order chi connectivity index (χ0) is 14.3. The molecular weight excluding hydrogens is 247 g/mol. The lowest BCUT2D eigenvalue weighted by Gasteiger charge is -2.11. The molecule has 0 fully saturated rings. The minimum atomic E-state index is -2.09. The summed E-state index contributed by atoms with van der Waals surface area (Å²) in [6.45, 7) is 4.07. The number of halogens is 1. The van der Waals surface area contributed by atoms with Gasteiger partial charge >= 0.3 is 0 Å². The summed E-state index contributed by atoms with van der Waals surface area (Å²) in [6, 6.07) is 6.40. The first-order valence-corrected chi connectivity index (χ1v) is 6.54. The van der Waals surface area contributed by atoms with E-state index < -0.39 is 17.7 Å². The number of hydrogen-bond donors (Lipinski definition) is 0. The number of hydrogen-bond acceptors (Lipinski definition) is 3. The summed E-state index contributed by atoms with van der Waals surface area (Å²) < 4.78 is 19.1. The molecule has 1 aromatic carbocycles. The second-order valence-corrected chi connectivity index (χ2v) is 4.23. The van der Waals surface area contributed by atoms with E-state index in [4.69, 9.17) is 4.74 Å². The van der Waals surface area contributed by atoms with Crippen molar-refractivity contribution in [2.24, 2.45) is 0 Å². The van der Waals surface area contributed by atoms with Crippen LogP contribution in [0.15, 0.2) is 24.3 Å². The van der Waals surface area contributed by atoms with E-state index in [2.05, 4.69) is 0 Å². The van der Waals surface area contributed by atoms with Crippen LogP contribution in [-0.2, 0) is 4.79 Å². The first-order valence-electron chi connectivity index (χ1n) is 6.54. The number of rotatable bonds is 8. The molecule has 19 heavy (non-hydrogen) atoms. The number of Topliss-reactive ketones (excluding diaryl/α,β-unsaturated/α-hetero) is 2. The maximum absolute atomic E-state index is 13.9. The molecule has 1 aromatic rings. The molecule has 0 aromatic heterocycles. The van der Waals surface area contributed by atoms with E-state index >= 15 is 0 Å². The van der Waals surface area contributed by atoms with Gasteiger partial charge in [0, 0.05) is 6.42 Å². The van der Waals surface area contributed by atoms with Crippen molar-refractivity contribution in [2.75, 3.05) is 6.61 Å². The molecule has 3 nitrogen and oxygen atoms in total. The van der Waals surface area contributed by atoms with E-state index in [1.54, 1.807) is 25.1 Å². The maximum Gasteiger partial charge on any atom is 0.220 e. The van der Waals surface area contributed by atoms with Crippen LogP contribution in [0, 0.1) is 0 Å². The minimum absolute atomic E-state index is 0.0974. The topological polar surface area (TPSA) is 43.4 Å². The SMILES string of the molecule is CCCCC(=O)C(F)C(=O)c1ccccc1OCC. The van der Waals surface area contributed by atoms with Crippen molar-refractivity contribution in [2.45, 2.75) is 39.3 Å². The van der Waals surface area contributed by atoms with Crippen molar-refractivity contribution in [3.8, 4) is 5.75 Å². The van der Waals surface area contributed by atoms with Gasteiger partial charge in [-0.2, -0.15) is 0 Å². The molecule has 0 aliphatic rings. The fourth-order valence-electron chi connectivity index (χ4n) is 1.71. The van der Waals surface area contributed by atoms with E-state index in [1.165, 1.54) is 6.07 Å². The molecule has 0 saturated heterocycles. The van der Waals surface area contributed by atoms with Crippen molar-refractivity contribution in [3.63, 3.8) is 0 Å². The van der Waals surface area contributed by atoms with Gasteiger partial charge in [0.25, 0.3) is 0 Å². The molecule has 0 amide bonds. The third-order valence-electron chi connectivity index (χ3n) is 2.74. The maximum atomic E-state index is 13.9. The Hall–Kier alpha value is -1.71. The lowest BCUT2D eigenvalue weighted by atomic mass is 10.0. The van der Waals surface area contributed by atoms with Gasteiger partial charge in [-0.1, -0.05) is 25.5 Å². The highest BCUT2D eigenvalue weighted by atomic mass is 19.1. The van der Waals surface area contributed by atoms with Crippen molar-refractivity contribution in [1.82, 2.24) is 0 Å². The molecular formula is C15H19FO3. The molecule has 0 aliphatic carbocycles. The Balaban J connectivity index is 2.84. The molecule has 0 spiro atoms. The summed E-state index contributed by atoms with van der Waals surface area (Å²) in [5.41, 5.74) is 0.127. The number of ether oxygens (including phenoxy) is 1. The highest BCUT2D eigenvalue weighted by Gasteiger charge is 2.28. The van der Waals surface area contributed by atoms with Crippen LogP contribution < -0.4 is 4.74 Å². The van der Waals surface area contributed by atoms with Gasteiger partial charge in [0.15, 0.2) is 5.78 Å². The van der Waals surface area contributed by atoms with Gasteiger partial charge in [0.1, 0.15) is 5.75 Å². The third kappa shape index (κ3) is 4.16. The smallest absolute Gasteiger partial charge is 0.220 e. The van der Waals surface area contributed by atoms with Crippen LogP contribution in [0.4, 0.5) is 4.39 Å². The molecule has 0 saturated carbocycles. The Morgan fingerprint density at radius 3 is 2.58 bits per heavy atom. The Labute approximate surface area is 112 Å². The molecule has 0 aliphatic heterocycles. The van der Waals surface area contributed by atoms with Crippen molar-refractivity contribution in [3.05, 3.63) is 29.8 Å². The molecule has 1 rings (SSSR count). The molecule has 1 unspecified atom stereocenters. The van der Waals surface area contributed by atoms with Crippen molar-refractivity contribution < 1.29 is 18.7 Å². The largest absolute Gasteiger partial charge is 0.493 e. The van der Waals surface area contributed by atoms with Gasteiger partial charge in [-0.25, -0.2) is 4.39 Å². The Morgan fingerprint density at radius 2 is 1.95 bits per heavy atom. The van der Waals surface area contributed by atoms with Crippen LogP contribution >= 0.6 is 0 Å². The van der Waals surface area contributed by atoms with Crippen LogP contribution in [0.1, 0.15) is 43.5 Å². The first-order chi connectivity index (χ1) is 9.11. The standard InChI is InChI=1S/C15H19FO3/c1-3-5-9-12(17)14(16)15(18)11-8-6-7-10-13(11)19-4-2/h6-8,10,14H,3-5,9H2,1-2H3. The second kappa shape index (κ2) is 7.67. The summed E-state index contributed by atoms with van der Waals surface area (Å²) in [5, 5.41) is 0. The average Bonchev–Trinajstić information content (AvgIpc) is 2.44. The Morgan fingerprint density at radius 1 is 1.26 bits per heavy atom. The number of alkyl halides is 1. The van der Waals surface area contributed by atoms with E-state index in [-0.39, 0.29) is 12.0 Å². The van der Waals surface area contributed by atoms with E-state index in [0.717, 1.165) is 6.42 Å². The lowest BCUT2D eigenvalue weighted by Crippen LogP contribution is -2.26. The Kier molecular flexibility index (Phi) is 6.19. The number of unbranched alkanes of at least 4 members (excludes halogenated alkanes) is 1. The zero-order valence-corrected chi connectivity index (χ0v) is 11.3.